The predicted octanol–water partition coefficient (Wildman–Crippen LogP) is 4.01. The SMILES string of the molecule is COc1ccc(C(=O)/N=c2\scc(-c3ccc(OC(F)(F)F)cc3)n2CCNC(C)=O)c(OC)c1. The molecule has 0 radical (unpaired) electrons. The van der Waals surface area contributed by atoms with E-state index in [1.54, 1.807) is 28.1 Å². The van der Waals surface area contributed by atoms with E-state index < -0.39 is 12.3 Å². The van der Waals surface area contributed by atoms with Gasteiger partial charge in [0, 0.05) is 31.5 Å². The Hall–Kier alpha value is -3.80. The van der Waals surface area contributed by atoms with Gasteiger partial charge in [-0.3, -0.25) is 9.59 Å². The minimum Gasteiger partial charge on any atom is -0.497 e. The molecular formula is C23H22F3N3O5S. The zero-order valence-electron chi connectivity index (χ0n) is 19.0. The molecule has 0 fully saturated rings. The van der Waals surface area contributed by atoms with E-state index in [0.717, 1.165) is 0 Å². The average molecular weight is 510 g/mol. The van der Waals surface area contributed by atoms with Crippen LogP contribution in [-0.4, -0.2) is 43.5 Å². The van der Waals surface area contributed by atoms with Crippen molar-refractivity contribution < 1.29 is 37.0 Å². The number of amides is 2. The lowest BCUT2D eigenvalue weighted by atomic mass is 10.1. The summed E-state index contributed by atoms with van der Waals surface area (Å²) in [5.41, 5.74) is 1.41. The third-order valence-corrected chi connectivity index (χ3v) is 5.59. The minimum absolute atomic E-state index is 0.227. The van der Waals surface area contributed by atoms with E-state index in [4.69, 9.17) is 9.47 Å². The normalized spacial score (nSPS) is 11.8. The van der Waals surface area contributed by atoms with Crippen LogP contribution >= 0.6 is 11.3 Å². The minimum atomic E-state index is -4.79. The van der Waals surface area contributed by atoms with Gasteiger partial charge >= 0.3 is 6.36 Å². The van der Waals surface area contributed by atoms with E-state index in [1.807, 2.05) is 0 Å². The van der Waals surface area contributed by atoms with Crippen LogP contribution in [0.2, 0.25) is 0 Å². The number of nitrogens with zero attached hydrogens (tertiary/aromatic N) is 2. The third kappa shape index (κ3) is 6.85. The van der Waals surface area contributed by atoms with Gasteiger partial charge < -0.3 is 24.1 Å². The Labute approximate surface area is 202 Å². The fourth-order valence-electron chi connectivity index (χ4n) is 3.16. The van der Waals surface area contributed by atoms with Crippen molar-refractivity contribution in [3.05, 3.63) is 58.2 Å². The summed E-state index contributed by atoms with van der Waals surface area (Å²) < 4.78 is 53.5. The summed E-state index contributed by atoms with van der Waals surface area (Å²) in [6.45, 7) is 1.90. The molecule has 12 heteroatoms. The molecule has 8 nitrogen and oxygen atoms in total. The maximum Gasteiger partial charge on any atom is 0.573 e. The smallest absolute Gasteiger partial charge is 0.497 e. The topological polar surface area (TPSA) is 91.1 Å². The second-order valence-corrected chi connectivity index (χ2v) is 7.93. The highest BCUT2D eigenvalue weighted by Gasteiger charge is 2.31. The van der Waals surface area contributed by atoms with Gasteiger partial charge in [0.2, 0.25) is 5.91 Å². The maximum atomic E-state index is 13.0. The lowest BCUT2D eigenvalue weighted by Crippen LogP contribution is -2.28. The van der Waals surface area contributed by atoms with Crippen LogP contribution in [-0.2, 0) is 11.3 Å². The van der Waals surface area contributed by atoms with Crippen molar-refractivity contribution >= 4 is 23.2 Å². The number of aromatic nitrogens is 1. The summed E-state index contributed by atoms with van der Waals surface area (Å²) in [6, 6.07) is 10.1. The molecule has 2 amide bonds. The van der Waals surface area contributed by atoms with E-state index in [9.17, 15) is 22.8 Å². The van der Waals surface area contributed by atoms with Crippen LogP contribution < -0.4 is 24.3 Å². The van der Waals surface area contributed by atoms with Crippen LogP contribution in [0.25, 0.3) is 11.3 Å². The Balaban J connectivity index is 2.00. The summed E-state index contributed by atoms with van der Waals surface area (Å²) in [5, 5.41) is 4.41. The van der Waals surface area contributed by atoms with E-state index in [0.29, 0.717) is 27.6 Å². The fourth-order valence-corrected chi connectivity index (χ4v) is 4.09. The molecule has 0 spiro atoms. The van der Waals surface area contributed by atoms with Gasteiger partial charge in [0.05, 0.1) is 25.5 Å². The summed E-state index contributed by atoms with van der Waals surface area (Å²) in [6.07, 6.45) is -4.79. The van der Waals surface area contributed by atoms with Gasteiger partial charge in [0.15, 0.2) is 4.80 Å². The molecule has 2 aromatic carbocycles. The lowest BCUT2D eigenvalue weighted by molar-refractivity contribution is -0.274. The van der Waals surface area contributed by atoms with Crippen LogP contribution in [0.1, 0.15) is 17.3 Å². The molecule has 0 atom stereocenters. The first kappa shape index (κ1) is 25.8. The summed E-state index contributed by atoms with van der Waals surface area (Å²) >= 11 is 1.17. The van der Waals surface area contributed by atoms with Crippen molar-refractivity contribution in [2.75, 3.05) is 20.8 Å². The third-order valence-electron chi connectivity index (χ3n) is 4.73. The molecule has 3 aromatic rings. The fraction of sp³-hybridized carbons (Fsp3) is 0.261. The molecule has 0 saturated carbocycles. The number of hydrogen-bond acceptors (Lipinski definition) is 6. The Morgan fingerprint density at radius 2 is 1.74 bits per heavy atom. The van der Waals surface area contributed by atoms with Crippen LogP contribution in [0.3, 0.4) is 0 Å². The molecular weight excluding hydrogens is 487 g/mol. The summed E-state index contributed by atoms with van der Waals surface area (Å²) in [7, 11) is 2.92. The standard InChI is InChI=1S/C23H22F3N3O5S/c1-14(30)27-10-11-29-19(15-4-6-16(7-5-15)34-23(24,25)26)13-35-22(29)28-21(31)18-9-8-17(32-2)12-20(18)33-3/h4-9,12-13H,10-11H2,1-3H3,(H,27,30)/b28-22-. The quantitative estimate of drug-likeness (QED) is 0.496. The van der Waals surface area contributed by atoms with Crippen molar-refractivity contribution in [2.24, 2.45) is 4.99 Å². The van der Waals surface area contributed by atoms with E-state index in [-0.39, 0.29) is 30.3 Å². The second-order valence-electron chi connectivity index (χ2n) is 7.09. The van der Waals surface area contributed by atoms with Crippen molar-refractivity contribution in [3.8, 4) is 28.5 Å². The van der Waals surface area contributed by atoms with Crippen molar-refractivity contribution in [1.82, 2.24) is 9.88 Å². The number of carbonyl (C=O) groups is 2. The Bertz CT molecular complexity index is 1270. The molecule has 0 aliphatic carbocycles. The predicted molar refractivity (Wildman–Crippen MR) is 123 cm³/mol. The van der Waals surface area contributed by atoms with Crippen LogP contribution in [0.5, 0.6) is 17.2 Å². The molecule has 0 aliphatic heterocycles. The molecule has 3 rings (SSSR count). The van der Waals surface area contributed by atoms with Gasteiger partial charge in [-0.1, -0.05) is 0 Å². The first-order chi connectivity index (χ1) is 16.6. The summed E-state index contributed by atoms with van der Waals surface area (Å²) in [4.78, 5) is 28.9. The molecule has 0 aliphatic rings. The number of ether oxygens (including phenoxy) is 3. The number of thiazole rings is 1. The highest BCUT2D eigenvalue weighted by Crippen LogP contribution is 2.28. The highest BCUT2D eigenvalue weighted by atomic mass is 32.1. The van der Waals surface area contributed by atoms with Crippen LogP contribution in [0, 0.1) is 0 Å². The molecule has 186 valence electrons. The maximum absolute atomic E-state index is 13.0. The number of methoxy groups -OCH3 is 2. The van der Waals surface area contributed by atoms with Gasteiger partial charge in [0.25, 0.3) is 5.91 Å². The van der Waals surface area contributed by atoms with Gasteiger partial charge in [-0.15, -0.1) is 24.5 Å². The molecule has 0 bridgehead atoms. The number of carbonyl (C=O) groups excluding carboxylic acids is 2. The molecule has 35 heavy (non-hydrogen) atoms. The van der Waals surface area contributed by atoms with Gasteiger partial charge in [0.1, 0.15) is 17.2 Å². The van der Waals surface area contributed by atoms with Crippen molar-refractivity contribution in [1.29, 1.82) is 0 Å². The van der Waals surface area contributed by atoms with Gasteiger partial charge in [-0.05, 0) is 42.0 Å². The number of hydrogen-bond donors (Lipinski definition) is 1. The number of alkyl halides is 3. The van der Waals surface area contributed by atoms with E-state index in [2.05, 4.69) is 15.0 Å². The monoisotopic (exact) mass is 509 g/mol. The van der Waals surface area contributed by atoms with Gasteiger partial charge in [-0.2, -0.15) is 4.99 Å². The second kappa shape index (κ2) is 11.1. The Morgan fingerprint density at radius 3 is 2.34 bits per heavy atom. The molecule has 1 N–H and O–H groups in total. The van der Waals surface area contributed by atoms with Crippen LogP contribution in [0.4, 0.5) is 13.2 Å². The number of benzene rings is 2. The zero-order valence-corrected chi connectivity index (χ0v) is 19.8. The van der Waals surface area contributed by atoms with Crippen molar-refractivity contribution in [3.63, 3.8) is 0 Å². The van der Waals surface area contributed by atoms with Gasteiger partial charge in [-0.25, -0.2) is 0 Å². The first-order valence-corrected chi connectivity index (χ1v) is 11.1. The largest absolute Gasteiger partial charge is 0.573 e. The molecule has 0 saturated heterocycles. The lowest BCUT2D eigenvalue weighted by Gasteiger charge is -2.12. The highest BCUT2D eigenvalue weighted by molar-refractivity contribution is 7.07. The molecule has 0 unspecified atom stereocenters. The van der Waals surface area contributed by atoms with E-state index >= 15 is 0 Å². The first-order valence-electron chi connectivity index (χ1n) is 10.2. The summed E-state index contributed by atoms with van der Waals surface area (Å²) in [5.74, 6) is -0.332. The number of halogens is 3. The Morgan fingerprint density at radius 1 is 1.06 bits per heavy atom. The number of rotatable bonds is 8. The average Bonchev–Trinajstić information content (AvgIpc) is 3.20. The van der Waals surface area contributed by atoms with Crippen molar-refractivity contribution in [2.45, 2.75) is 19.8 Å². The molecule has 1 heterocycles. The Kier molecular flexibility index (Phi) is 8.18. The zero-order chi connectivity index (χ0) is 25.6. The molecule has 1 aromatic heterocycles. The number of nitrogens with one attached hydrogen (secondary N) is 1. The van der Waals surface area contributed by atoms with E-state index in [1.165, 1.54) is 56.7 Å². The van der Waals surface area contributed by atoms with Crippen LogP contribution in [0.15, 0.2) is 52.8 Å².